The largest absolute Gasteiger partial charge is 0.334 e. The fraction of sp³-hybridized carbons (Fsp3) is 0.364. The summed E-state index contributed by atoms with van der Waals surface area (Å²) in [5.41, 5.74) is 1.20. The molecular weight excluding hydrogens is 204 g/mol. The van der Waals surface area contributed by atoms with Crippen molar-refractivity contribution >= 4 is 6.41 Å². The minimum atomic E-state index is -0.137. The molecule has 0 bridgehead atoms. The first-order valence-electron chi connectivity index (χ1n) is 5.13. The maximum Gasteiger partial charge on any atom is 0.210 e. The molecule has 0 saturated carbocycles. The van der Waals surface area contributed by atoms with Crippen LogP contribution in [0.5, 0.6) is 0 Å². The molecule has 1 saturated heterocycles. The number of piperazine rings is 1. The van der Waals surface area contributed by atoms with Crippen LogP contribution in [0.15, 0.2) is 18.3 Å². The molecule has 82 valence electrons. The molecule has 1 aromatic heterocycles. The zero-order valence-electron chi connectivity index (χ0n) is 8.76. The van der Waals surface area contributed by atoms with Gasteiger partial charge in [0.15, 0.2) is 0 Å². The van der Waals surface area contributed by atoms with Crippen LogP contribution in [0.3, 0.4) is 0 Å². The monoisotopic (exact) mass is 216 g/mol. The molecule has 1 aliphatic heterocycles. The van der Waals surface area contributed by atoms with E-state index in [9.17, 15) is 4.79 Å². The molecule has 2 rings (SSSR count). The SMILES string of the molecule is N#Cc1cccnc1C1CNCCN1C=O. The smallest absolute Gasteiger partial charge is 0.210 e. The second-order valence-electron chi connectivity index (χ2n) is 3.61. The highest BCUT2D eigenvalue weighted by molar-refractivity contribution is 5.50. The van der Waals surface area contributed by atoms with Gasteiger partial charge in [0.05, 0.1) is 17.3 Å². The molecule has 16 heavy (non-hydrogen) atoms. The Morgan fingerprint density at radius 2 is 2.56 bits per heavy atom. The number of rotatable bonds is 2. The van der Waals surface area contributed by atoms with E-state index in [0.717, 1.165) is 13.0 Å². The molecule has 0 radical (unpaired) electrons. The van der Waals surface area contributed by atoms with Crippen LogP contribution in [-0.4, -0.2) is 35.9 Å². The van der Waals surface area contributed by atoms with Gasteiger partial charge in [-0.15, -0.1) is 0 Å². The molecule has 1 atom stereocenters. The minimum Gasteiger partial charge on any atom is -0.334 e. The molecule has 5 heteroatoms. The summed E-state index contributed by atoms with van der Waals surface area (Å²) < 4.78 is 0. The molecule has 0 aliphatic carbocycles. The first-order chi connectivity index (χ1) is 7.86. The van der Waals surface area contributed by atoms with E-state index >= 15 is 0 Å². The third kappa shape index (κ3) is 1.88. The molecule has 0 spiro atoms. The fourth-order valence-electron chi connectivity index (χ4n) is 1.88. The van der Waals surface area contributed by atoms with E-state index < -0.39 is 0 Å². The van der Waals surface area contributed by atoms with E-state index in [-0.39, 0.29) is 6.04 Å². The number of carbonyl (C=O) groups excluding carboxylic acids is 1. The lowest BCUT2D eigenvalue weighted by molar-refractivity contribution is -0.121. The van der Waals surface area contributed by atoms with Gasteiger partial charge in [-0.05, 0) is 12.1 Å². The van der Waals surface area contributed by atoms with Crippen LogP contribution >= 0.6 is 0 Å². The maximum atomic E-state index is 10.9. The topological polar surface area (TPSA) is 69.0 Å². The molecule has 1 unspecified atom stereocenters. The van der Waals surface area contributed by atoms with Crippen molar-refractivity contribution in [3.63, 3.8) is 0 Å². The summed E-state index contributed by atoms with van der Waals surface area (Å²) in [4.78, 5) is 16.8. The Balaban J connectivity index is 2.34. The third-order valence-corrected chi connectivity index (χ3v) is 2.69. The van der Waals surface area contributed by atoms with Crippen LogP contribution in [0.1, 0.15) is 17.3 Å². The van der Waals surface area contributed by atoms with E-state index in [0.29, 0.717) is 24.3 Å². The first-order valence-corrected chi connectivity index (χ1v) is 5.13. The maximum absolute atomic E-state index is 10.9. The van der Waals surface area contributed by atoms with E-state index in [4.69, 9.17) is 5.26 Å². The number of hydrogen-bond acceptors (Lipinski definition) is 4. The summed E-state index contributed by atoms with van der Waals surface area (Å²) in [5, 5.41) is 12.2. The summed E-state index contributed by atoms with van der Waals surface area (Å²) >= 11 is 0. The van der Waals surface area contributed by atoms with Crippen molar-refractivity contribution in [2.75, 3.05) is 19.6 Å². The van der Waals surface area contributed by atoms with Gasteiger partial charge in [-0.25, -0.2) is 0 Å². The van der Waals surface area contributed by atoms with Gasteiger partial charge in [-0.1, -0.05) is 0 Å². The zero-order chi connectivity index (χ0) is 11.4. The van der Waals surface area contributed by atoms with Gasteiger partial charge in [0.1, 0.15) is 6.07 Å². The number of nitriles is 1. The van der Waals surface area contributed by atoms with Gasteiger partial charge >= 0.3 is 0 Å². The van der Waals surface area contributed by atoms with Crippen molar-refractivity contribution < 1.29 is 4.79 Å². The molecular formula is C11H12N4O. The second kappa shape index (κ2) is 4.73. The van der Waals surface area contributed by atoms with E-state index in [1.165, 1.54) is 0 Å². The number of carbonyl (C=O) groups is 1. The number of amides is 1. The van der Waals surface area contributed by atoms with Crippen LogP contribution in [0.25, 0.3) is 0 Å². The van der Waals surface area contributed by atoms with E-state index in [1.807, 2.05) is 0 Å². The molecule has 1 aromatic rings. The van der Waals surface area contributed by atoms with Crippen molar-refractivity contribution in [1.82, 2.24) is 15.2 Å². The third-order valence-electron chi connectivity index (χ3n) is 2.69. The van der Waals surface area contributed by atoms with Gasteiger partial charge in [0.25, 0.3) is 0 Å². The standard InChI is InChI=1S/C11H12N4O/c12-6-9-2-1-3-14-11(9)10-7-13-4-5-15(10)8-16/h1-3,8,10,13H,4-5,7H2. The van der Waals surface area contributed by atoms with Crippen LogP contribution < -0.4 is 5.32 Å². The Morgan fingerprint density at radius 3 is 3.31 bits per heavy atom. The minimum absolute atomic E-state index is 0.137. The van der Waals surface area contributed by atoms with Gasteiger partial charge in [-0.2, -0.15) is 5.26 Å². The lowest BCUT2D eigenvalue weighted by Crippen LogP contribution is -2.45. The van der Waals surface area contributed by atoms with E-state index in [1.54, 1.807) is 23.2 Å². The molecule has 0 aromatic carbocycles. The van der Waals surface area contributed by atoms with Crippen LogP contribution in [0.4, 0.5) is 0 Å². The van der Waals surface area contributed by atoms with Crippen molar-refractivity contribution in [1.29, 1.82) is 5.26 Å². The fourth-order valence-corrected chi connectivity index (χ4v) is 1.88. The highest BCUT2D eigenvalue weighted by atomic mass is 16.1. The Hall–Kier alpha value is -1.93. The Morgan fingerprint density at radius 1 is 1.69 bits per heavy atom. The highest BCUT2D eigenvalue weighted by Gasteiger charge is 2.25. The van der Waals surface area contributed by atoms with Gasteiger partial charge in [0, 0.05) is 25.8 Å². The molecule has 1 aliphatic rings. The normalized spacial score (nSPS) is 20.2. The number of nitrogens with zero attached hydrogens (tertiary/aromatic N) is 3. The Labute approximate surface area is 93.7 Å². The average Bonchev–Trinajstić information content (AvgIpc) is 2.38. The zero-order valence-corrected chi connectivity index (χ0v) is 8.76. The summed E-state index contributed by atoms with van der Waals surface area (Å²) in [7, 11) is 0. The Kier molecular flexibility index (Phi) is 3.13. The predicted molar refractivity (Wildman–Crippen MR) is 57.3 cm³/mol. The lowest BCUT2D eigenvalue weighted by Gasteiger charge is -2.33. The summed E-state index contributed by atoms with van der Waals surface area (Å²) in [6.07, 6.45) is 2.47. The van der Waals surface area contributed by atoms with Crippen LogP contribution in [0, 0.1) is 11.3 Å². The molecule has 1 amide bonds. The van der Waals surface area contributed by atoms with Crippen molar-refractivity contribution in [2.24, 2.45) is 0 Å². The number of pyridine rings is 1. The summed E-state index contributed by atoms with van der Waals surface area (Å²) in [6.45, 7) is 2.07. The summed E-state index contributed by atoms with van der Waals surface area (Å²) in [5.74, 6) is 0. The van der Waals surface area contributed by atoms with Gasteiger partial charge < -0.3 is 10.2 Å². The lowest BCUT2D eigenvalue weighted by atomic mass is 10.1. The molecule has 2 heterocycles. The van der Waals surface area contributed by atoms with Crippen molar-refractivity contribution in [3.8, 4) is 6.07 Å². The van der Waals surface area contributed by atoms with Crippen molar-refractivity contribution in [3.05, 3.63) is 29.6 Å². The Bertz CT molecular complexity index is 426. The van der Waals surface area contributed by atoms with Crippen LogP contribution in [0.2, 0.25) is 0 Å². The van der Waals surface area contributed by atoms with Gasteiger partial charge in [-0.3, -0.25) is 9.78 Å². The predicted octanol–water partition coefficient (Wildman–Crippen LogP) is 0.0560. The number of hydrogen-bond donors (Lipinski definition) is 1. The van der Waals surface area contributed by atoms with Crippen molar-refractivity contribution in [2.45, 2.75) is 6.04 Å². The van der Waals surface area contributed by atoms with E-state index in [2.05, 4.69) is 16.4 Å². The molecule has 1 N–H and O–H groups in total. The number of aromatic nitrogens is 1. The average molecular weight is 216 g/mol. The second-order valence-corrected chi connectivity index (χ2v) is 3.61. The first kappa shape index (κ1) is 10.6. The molecule has 5 nitrogen and oxygen atoms in total. The molecule has 1 fully saturated rings. The summed E-state index contributed by atoms with van der Waals surface area (Å²) in [6, 6.07) is 5.42. The van der Waals surface area contributed by atoms with Gasteiger partial charge in [0.2, 0.25) is 6.41 Å². The quantitative estimate of drug-likeness (QED) is 0.709. The highest BCUT2D eigenvalue weighted by Crippen LogP contribution is 2.21. The number of nitrogens with one attached hydrogen (secondary N) is 1. The van der Waals surface area contributed by atoms with Crippen LogP contribution in [-0.2, 0) is 4.79 Å².